The highest BCUT2D eigenvalue weighted by Gasteiger charge is 2.11. The number of nitrogens with two attached hydrogens (primary N) is 1. The molecular formula is C13H12BrFN6. The van der Waals surface area contributed by atoms with Crippen LogP contribution >= 0.6 is 15.9 Å². The third-order valence-electron chi connectivity index (χ3n) is 3.04. The number of nitrogen functional groups attached to an aromatic ring is 1. The minimum absolute atomic E-state index is 0.351. The zero-order valence-corrected chi connectivity index (χ0v) is 12.6. The first-order valence-corrected chi connectivity index (χ1v) is 6.91. The van der Waals surface area contributed by atoms with E-state index in [1.807, 2.05) is 6.92 Å². The maximum atomic E-state index is 13.7. The van der Waals surface area contributed by atoms with Gasteiger partial charge >= 0.3 is 0 Å². The fraction of sp³-hybridized carbons (Fsp3) is 0.0769. The minimum atomic E-state index is -0.351. The van der Waals surface area contributed by atoms with Gasteiger partial charge in [-0.3, -0.25) is 0 Å². The fourth-order valence-electron chi connectivity index (χ4n) is 1.99. The molecule has 0 amide bonds. The predicted molar refractivity (Wildman–Crippen MR) is 82.9 cm³/mol. The second-order valence-electron chi connectivity index (χ2n) is 4.48. The van der Waals surface area contributed by atoms with Gasteiger partial charge in [0.25, 0.3) is 0 Å². The molecule has 0 radical (unpaired) electrons. The van der Waals surface area contributed by atoms with E-state index in [-0.39, 0.29) is 5.82 Å². The summed E-state index contributed by atoms with van der Waals surface area (Å²) in [5.74, 6) is 6.01. The lowest BCUT2D eigenvalue weighted by Crippen LogP contribution is -2.11. The molecule has 108 valence electrons. The van der Waals surface area contributed by atoms with Gasteiger partial charge < -0.3 is 15.1 Å². The molecular weight excluding hydrogens is 339 g/mol. The van der Waals surface area contributed by atoms with Gasteiger partial charge in [-0.2, -0.15) is 0 Å². The van der Waals surface area contributed by atoms with E-state index in [1.165, 1.54) is 6.07 Å². The summed E-state index contributed by atoms with van der Waals surface area (Å²) in [6.07, 6.45) is 5.14. The summed E-state index contributed by atoms with van der Waals surface area (Å²) < 4.78 is 15.9. The van der Waals surface area contributed by atoms with Gasteiger partial charge in [0.15, 0.2) is 17.3 Å². The third kappa shape index (κ3) is 2.55. The molecule has 3 rings (SSSR count). The van der Waals surface area contributed by atoms with E-state index in [2.05, 4.69) is 36.6 Å². The summed E-state index contributed by atoms with van der Waals surface area (Å²) in [5, 5.41) is 3.09. The molecule has 0 atom stereocenters. The maximum Gasteiger partial charge on any atom is 0.180 e. The molecule has 3 aromatic rings. The lowest BCUT2D eigenvalue weighted by Gasteiger charge is -2.12. The third-order valence-corrected chi connectivity index (χ3v) is 3.65. The first-order valence-electron chi connectivity index (χ1n) is 6.11. The van der Waals surface area contributed by atoms with Crippen LogP contribution in [0.4, 0.5) is 21.7 Å². The number of aryl methyl sites for hydroxylation is 1. The Labute approximate surface area is 128 Å². The Kier molecular flexibility index (Phi) is 3.48. The summed E-state index contributed by atoms with van der Waals surface area (Å²) in [4.78, 5) is 8.54. The van der Waals surface area contributed by atoms with Gasteiger partial charge in [0.1, 0.15) is 5.82 Å². The van der Waals surface area contributed by atoms with Crippen molar-refractivity contribution in [3.63, 3.8) is 0 Å². The molecule has 8 heteroatoms. The van der Waals surface area contributed by atoms with E-state index in [4.69, 9.17) is 5.84 Å². The lowest BCUT2D eigenvalue weighted by atomic mass is 10.2. The number of fused-ring (bicyclic) bond motifs is 1. The molecule has 1 aromatic carbocycles. The first-order chi connectivity index (χ1) is 10.1. The molecule has 0 saturated heterocycles. The Hall–Kier alpha value is -2.19. The Balaban J connectivity index is 2.09. The van der Waals surface area contributed by atoms with Crippen molar-refractivity contribution in [2.75, 3.05) is 10.7 Å². The number of halogens is 2. The fourth-order valence-corrected chi connectivity index (χ4v) is 2.45. The number of nitrogens with one attached hydrogen (secondary N) is 2. The van der Waals surface area contributed by atoms with E-state index in [1.54, 1.807) is 29.1 Å². The van der Waals surface area contributed by atoms with Crippen LogP contribution in [-0.2, 0) is 0 Å². The van der Waals surface area contributed by atoms with Crippen LogP contribution in [0.5, 0.6) is 0 Å². The Morgan fingerprint density at radius 1 is 1.38 bits per heavy atom. The number of anilines is 3. The van der Waals surface area contributed by atoms with Crippen molar-refractivity contribution < 1.29 is 4.39 Å². The maximum absolute atomic E-state index is 13.7. The van der Waals surface area contributed by atoms with Crippen LogP contribution in [0.3, 0.4) is 0 Å². The average Bonchev–Trinajstić information content (AvgIpc) is 2.93. The van der Waals surface area contributed by atoms with Crippen molar-refractivity contribution in [3.8, 4) is 0 Å². The number of nitrogens with zero attached hydrogens (tertiary/aromatic N) is 3. The molecule has 2 aromatic heterocycles. The standard InChI is InChI=1S/C13H12BrFN6/c1-7-4-8(14)9(15)5-10(7)18-12-13-17-2-3-21(13)6-11(19-12)20-16/h2-6,20H,16H2,1H3,(H,18,19). The Morgan fingerprint density at radius 2 is 2.19 bits per heavy atom. The largest absolute Gasteiger partial charge is 0.337 e. The SMILES string of the molecule is Cc1cc(Br)c(F)cc1Nc1nc(NN)cn2ccnc12. The van der Waals surface area contributed by atoms with Crippen LogP contribution in [0, 0.1) is 12.7 Å². The van der Waals surface area contributed by atoms with E-state index in [9.17, 15) is 4.39 Å². The van der Waals surface area contributed by atoms with Crippen LogP contribution in [0.2, 0.25) is 0 Å². The summed E-state index contributed by atoms with van der Waals surface area (Å²) in [7, 11) is 0. The second kappa shape index (κ2) is 5.30. The van der Waals surface area contributed by atoms with Gasteiger partial charge in [-0.05, 0) is 40.5 Å². The van der Waals surface area contributed by atoms with Crippen LogP contribution in [0.15, 0.2) is 35.2 Å². The number of hydrazine groups is 1. The highest BCUT2D eigenvalue weighted by atomic mass is 79.9. The van der Waals surface area contributed by atoms with Crippen molar-refractivity contribution in [2.45, 2.75) is 6.92 Å². The van der Waals surface area contributed by atoms with E-state index in [0.717, 1.165) is 5.56 Å². The van der Waals surface area contributed by atoms with Crippen LogP contribution in [0.1, 0.15) is 5.56 Å². The quantitative estimate of drug-likeness (QED) is 0.499. The van der Waals surface area contributed by atoms with Crippen LogP contribution in [-0.4, -0.2) is 14.4 Å². The Bertz CT molecular complexity index is 816. The van der Waals surface area contributed by atoms with Crippen molar-refractivity contribution in [3.05, 3.63) is 46.6 Å². The molecule has 0 bridgehead atoms. The molecule has 0 aliphatic carbocycles. The van der Waals surface area contributed by atoms with Crippen LogP contribution in [0.25, 0.3) is 5.65 Å². The molecule has 2 heterocycles. The van der Waals surface area contributed by atoms with Gasteiger partial charge in [0.2, 0.25) is 0 Å². The number of benzene rings is 1. The van der Waals surface area contributed by atoms with Crippen molar-refractivity contribution >= 4 is 38.9 Å². The normalized spacial score (nSPS) is 10.9. The molecule has 0 saturated carbocycles. The van der Waals surface area contributed by atoms with Gasteiger partial charge in [0, 0.05) is 18.1 Å². The topological polar surface area (TPSA) is 80.3 Å². The number of imidazole rings is 1. The van der Waals surface area contributed by atoms with E-state index in [0.29, 0.717) is 27.4 Å². The van der Waals surface area contributed by atoms with Gasteiger partial charge in [-0.15, -0.1) is 0 Å². The van der Waals surface area contributed by atoms with Crippen molar-refractivity contribution in [2.24, 2.45) is 5.84 Å². The van der Waals surface area contributed by atoms with E-state index >= 15 is 0 Å². The molecule has 0 spiro atoms. The summed E-state index contributed by atoms with van der Waals surface area (Å²) in [5.41, 5.74) is 4.60. The highest BCUT2D eigenvalue weighted by molar-refractivity contribution is 9.10. The van der Waals surface area contributed by atoms with Gasteiger partial charge in [-0.1, -0.05) is 0 Å². The molecule has 21 heavy (non-hydrogen) atoms. The summed E-state index contributed by atoms with van der Waals surface area (Å²) in [6.45, 7) is 1.88. The minimum Gasteiger partial charge on any atom is -0.337 e. The first kappa shape index (κ1) is 13.8. The molecule has 0 aliphatic heterocycles. The van der Waals surface area contributed by atoms with Crippen LogP contribution < -0.4 is 16.6 Å². The van der Waals surface area contributed by atoms with Crippen molar-refractivity contribution in [1.82, 2.24) is 14.4 Å². The number of aromatic nitrogens is 3. The zero-order valence-electron chi connectivity index (χ0n) is 11.1. The highest BCUT2D eigenvalue weighted by Crippen LogP contribution is 2.27. The van der Waals surface area contributed by atoms with Gasteiger partial charge in [-0.25, -0.2) is 20.2 Å². The lowest BCUT2D eigenvalue weighted by molar-refractivity contribution is 0.621. The van der Waals surface area contributed by atoms with Crippen molar-refractivity contribution in [1.29, 1.82) is 0 Å². The summed E-state index contributed by atoms with van der Waals surface area (Å²) in [6, 6.07) is 3.11. The molecule has 6 nitrogen and oxygen atoms in total. The summed E-state index contributed by atoms with van der Waals surface area (Å²) >= 11 is 3.16. The average molecular weight is 351 g/mol. The molecule has 0 fully saturated rings. The zero-order chi connectivity index (χ0) is 15.0. The smallest absolute Gasteiger partial charge is 0.180 e. The molecule has 0 unspecified atom stereocenters. The number of hydrogen-bond donors (Lipinski definition) is 3. The molecule has 4 N–H and O–H groups in total. The second-order valence-corrected chi connectivity index (χ2v) is 5.34. The monoisotopic (exact) mass is 350 g/mol. The number of hydrogen-bond acceptors (Lipinski definition) is 5. The van der Waals surface area contributed by atoms with Gasteiger partial charge in [0.05, 0.1) is 10.7 Å². The number of rotatable bonds is 3. The molecule has 0 aliphatic rings. The van der Waals surface area contributed by atoms with E-state index < -0.39 is 0 Å². The Morgan fingerprint density at radius 3 is 2.95 bits per heavy atom. The predicted octanol–water partition coefficient (Wildman–Crippen LogP) is 2.97.